The highest BCUT2D eigenvalue weighted by molar-refractivity contribution is 8.00. The van der Waals surface area contributed by atoms with Crippen molar-refractivity contribution in [1.82, 2.24) is 5.32 Å². The molecule has 1 aliphatic heterocycles. The van der Waals surface area contributed by atoms with Crippen LogP contribution in [0.15, 0.2) is 24.3 Å². The number of thioether (sulfide) groups is 1. The van der Waals surface area contributed by atoms with E-state index in [1.54, 1.807) is 0 Å². The minimum absolute atomic E-state index is 0.441. The van der Waals surface area contributed by atoms with Crippen molar-refractivity contribution in [1.29, 1.82) is 0 Å². The molecule has 1 aliphatic rings. The molecule has 1 aromatic rings. The lowest BCUT2D eigenvalue weighted by atomic mass is 10.0. The average Bonchev–Trinajstić information content (AvgIpc) is 2.72. The monoisotopic (exact) mass is 241 g/mol. The molecule has 0 aromatic heterocycles. The van der Waals surface area contributed by atoms with Gasteiger partial charge in [0.25, 0.3) is 0 Å². The summed E-state index contributed by atoms with van der Waals surface area (Å²) in [6.45, 7) is 0. The predicted octanol–water partition coefficient (Wildman–Crippen LogP) is 3.50. The minimum atomic E-state index is 0.441. The Morgan fingerprint density at radius 1 is 1.53 bits per heavy atom. The topological polar surface area (TPSA) is 12.0 Å². The second-order valence-electron chi connectivity index (χ2n) is 3.87. The normalized spacial score (nSPS) is 22.9. The Kier molecular flexibility index (Phi) is 3.95. The van der Waals surface area contributed by atoms with Crippen LogP contribution in [0.5, 0.6) is 0 Å². The van der Waals surface area contributed by atoms with Crippen molar-refractivity contribution in [3.63, 3.8) is 0 Å². The van der Waals surface area contributed by atoms with Crippen molar-refractivity contribution in [2.24, 2.45) is 0 Å². The summed E-state index contributed by atoms with van der Waals surface area (Å²) in [6.07, 6.45) is 2.65. The van der Waals surface area contributed by atoms with Gasteiger partial charge in [-0.15, -0.1) is 0 Å². The van der Waals surface area contributed by atoms with Gasteiger partial charge in [-0.1, -0.05) is 23.7 Å². The van der Waals surface area contributed by atoms with Crippen molar-refractivity contribution in [3.8, 4) is 0 Å². The molecule has 0 radical (unpaired) electrons. The molecule has 3 heteroatoms. The van der Waals surface area contributed by atoms with E-state index in [2.05, 4.69) is 29.2 Å². The van der Waals surface area contributed by atoms with Gasteiger partial charge in [-0.3, -0.25) is 0 Å². The number of hydrogen-bond acceptors (Lipinski definition) is 2. The van der Waals surface area contributed by atoms with E-state index in [9.17, 15) is 0 Å². The van der Waals surface area contributed by atoms with Gasteiger partial charge in [-0.2, -0.15) is 11.8 Å². The number of rotatable bonds is 3. The zero-order valence-electron chi connectivity index (χ0n) is 8.87. The number of hydrogen-bond donors (Lipinski definition) is 1. The maximum Gasteiger partial charge on any atom is 0.0438 e. The van der Waals surface area contributed by atoms with Crippen LogP contribution in [0, 0.1) is 0 Å². The van der Waals surface area contributed by atoms with Gasteiger partial charge in [0.15, 0.2) is 0 Å². The van der Waals surface area contributed by atoms with Crippen LogP contribution >= 0.6 is 23.4 Å². The Labute approximate surface area is 101 Å². The Morgan fingerprint density at radius 2 is 2.40 bits per heavy atom. The molecule has 0 aliphatic carbocycles. The first-order valence-corrected chi connectivity index (χ1v) is 6.78. The molecule has 2 rings (SSSR count). The van der Waals surface area contributed by atoms with Crippen molar-refractivity contribution >= 4 is 23.4 Å². The van der Waals surface area contributed by atoms with Gasteiger partial charge in [-0.25, -0.2) is 0 Å². The highest BCUT2D eigenvalue weighted by Gasteiger charge is 2.25. The fourth-order valence-electron chi connectivity index (χ4n) is 2.13. The molecule has 1 saturated heterocycles. The van der Waals surface area contributed by atoms with E-state index < -0.39 is 0 Å². The Balaban J connectivity index is 2.18. The smallest absolute Gasteiger partial charge is 0.0438 e. The second kappa shape index (κ2) is 5.24. The molecule has 15 heavy (non-hydrogen) atoms. The summed E-state index contributed by atoms with van der Waals surface area (Å²) in [4.78, 5) is 0. The number of benzene rings is 1. The van der Waals surface area contributed by atoms with Crippen LogP contribution in [-0.4, -0.2) is 18.1 Å². The third-order valence-electron chi connectivity index (χ3n) is 2.86. The van der Waals surface area contributed by atoms with Gasteiger partial charge < -0.3 is 5.32 Å². The van der Waals surface area contributed by atoms with Gasteiger partial charge in [-0.05, 0) is 43.3 Å². The van der Waals surface area contributed by atoms with E-state index in [1.807, 2.05) is 19.2 Å². The maximum absolute atomic E-state index is 6.02. The lowest BCUT2D eigenvalue weighted by Crippen LogP contribution is -2.25. The summed E-state index contributed by atoms with van der Waals surface area (Å²) < 4.78 is 0. The molecule has 1 N–H and O–H groups in total. The highest BCUT2D eigenvalue weighted by Crippen LogP contribution is 2.36. The fraction of sp³-hybridized carbons (Fsp3) is 0.500. The third kappa shape index (κ3) is 2.68. The van der Waals surface area contributed by atoms with Crippen molar-refractivity contribution < 1.29 is 0 Å². The predicted molar refractivity (Wildman–Crippen MR) is 68.7 cm³/mol. The third-order valence-corrected chi connectivity index (χ3v) is 4.55. The van der Waals surface area contributed by atoms with E-state index in [1.165, 1.54) is 24.2 Å². The number of nitrogens with one attached hydrogen (secondary N) is 1. The Morgan fingerprint density at radius 3 is 3.00 bits per heavy atom. The summed E-state index contributed by atoms with van der Waals surface area (Å²) in [5.41, 5.74) is 1.31. The molecular formula is C12H16ClNS. The standard InChI is InChI=1S/C12H16ClNS/c1-14-12(11-6-3-7-15-11)9-4-2-5-10(13)8-9/h2,4-5,8,11-12,14H,3,6-7H2,1H3. The largest absolute Gasteiger partial charge is 0.312 e. The molecule has 1 aromatic carbocycles. The van der Waals surface area contributed by atoms with Gasteiger partial charge >= 0.3 is 0 Å². The first-order chi connectivity index (χ1) is 7.31. The first-order valence-electron chi connectivity index (χ1n) is 5.35. The molecule has 1 fully saturated rings. The molecule has 0 saturated carbocycles. The van der Waals surface area contributed by atoms with Crippen molar-refractivity contribution in [2.75, 3.05) is 12.8 Å². The molecular weight excluding hydrogens is 226 g/mol. The summed E-state index contributed by atoms with van der Waals surface area (Å²) in [5, 5.41) is 4.94. The minimum Gasteiger partial charge on any atom is -0.312 e. The fourth-order valence-corrected chi connectivity index (χ4v) is 3.79. The first kappa shape index (κ1) is 11.3. The highest BCUT2D eigenvalue weighted by atomic mass is 35.5. The molecule has 1 nitrogen and oxygen atoms in total. The molecule has 0 bridgehead atoms. The lowest BCUT2D eigenvalue weighted by molar-refractivity contribution is 0.552. The molecule has 0 spiro atoms. The van der Waals surface area contributed by atoms with Crippen LogP contribution in [-0.2, 0) is 0 Å². The van der Waals surface area contributed by atoms with Crippen molar-refractivity contribution in [2.45, 2.75) is 24.1 Å². The van der Waals surface area contributed by atoms with Crippen LogP contribution < -0.4 is 5.32 Å². The summed E-state index contributed by atoms with van der Waals surface area (Å²) in [6, 6.07) is 8.63. The van der Waals surface area contributed by atoms with E-state index in [4.69, 9.17) is 11.6 Å². The van der Waals surface area contributed by atoms with Crippen LogP contribution in [0.1, 0.15) is 24.4 Å². The Hall–Kier alpha value is -0.180. The lowest BCUT2D eigenvalue weighted by Gasteiger charge is -2.22. The molecule has 0 amide bonds. The Bertz CT molecular complexity index is 323. The summed E-state index contributed by atoms with van der Waals surface area (Å²) in [7, 11) is 2.03. The van der Waals surface area contributed by atoms with E-state index in [0.29, 0.717) is 11.3 Å². The molecule has 1 heterocycles. The molecule has 2 unspecified atom stereocenters. The van der Waals surface area contributed by atoms with Crippen LogP contribution in [0.3, 0.4) is 0 Å². The average molecular weight is 242 g/mol. The molecule has 2 atom stereocenters. The zero-order chi connectivity index (χ0) is 10.7. The van der Waals surface area contributed by atoms with Crippen LogP contribution in [0.25, 0.3) is 0 Å². The quantitative estimate of drug-likeness (QED) is 0.870. The van der Waals surface area contributed by atoms with Crippen LogP contribution in [0.4, 0.5) is 0 Å². The van der Waals surface area contributed by atoms with E-state index >= 15 is 0 Å². The van der Waals surface area contributed by atoms with E-state index in [0.717, 1.165) is 5.02 Å². The van der Waals surface area contributed by atoms with Crippen LogP contribution in [0.2, 0.25) is 5.02 Å². The zero-order valence-corrected chi connectivity index (χ0v) is 10.4. The van der Waals surface area contributed by atoms with Gasteiger partial charge in [0.1, 0.15) is 0 Å². The summed E-state index contributed by atoms with van der Waals surface area (Å²) in [5.74, 6) is 1.30. The maximum atomic E-state index is 6.02. The van der Waals surface area contributed by atoms with E-state index in [-0.39, 0.29) is 0 Å². The van der Waals surface area contributed by atoms with Gasteiger partial charge in [0, 0.05) is 16.3 Å². The molecule has 82 valence electrons. The SMILES string of the molecule is CNC(c1cccc(Cl)c1)C1CCCS1. The summed E-state index contributed by atoms with van der Waals surface area (Å²) >= 11 is 8.09. The number of halogens is 1. The van der Waals surface area contributed by atoms with Gasteiger partial charge in [0.05, 0.1) is 0 Å². The van der Waals surface area contributed by atoms with Gasteiger partial charge in [0.2, 0.25) is 0 Å². The van der Waals surface area contributed by atoms with Crippen molar-refractivity contribution in [3.05, 3.63) is 34.9 Å². The second-order valence-corrected chi connectivity index (χ2v) is 5.66.